The molecule has 3 saturated heterocycles. The van der Waals surface area contributed by atoms with E-state index in [1.165, 1.54) is 6.92 Å². The first-order chi connectivity index (χ1) is 22.2. The monoisotopic (exact) mass is 676 g/mol. The van der Waals surface area contributed by atoms with Gasteiger partial charge in [0.25, 0.3) is 0 Å². The van der Waals surface area contributed by atoms with E-state index in [-0.39, 0.29) is 52.2 Å². The largest absolute Gasteiger partial charge is 0.457 e. The van der Waals surface area contributed by atoms with Gasteiger partial charge in [-0.3, -0.25) is 4.79 Å². The van der Waals surface area contributed by atoms with E-state index < -0.39 is 59.2 Å². The highest BCUT2D eigenvalue weighted by molar-refractivity contribution is 5.66. The van der Waals surface area contributed by atoms with Crippen LogP contribution in [-0.2, 0) is 28.5 Å². The minimum atomic E-state index is -1.30. The maximum absolute atomic E-state index is 12.9. The summed E-state index contributed by atoms with van der Waals surface area (Å²) in [5.74, 6) is -0.517. The summed E-state index contributed by atoms with van der Waals surface area (Å²) < 4.78 is 32.2. The fourth-order valence-electron chi connectivity index (χ4n) is 15.0. The number of fused-ring (bicyclic) bond motifs is 4. The summed E-state index contributed by atoms with van der Waals surface area (Å²) in [6.45, 7) is 18.9. The van der Waals surface area contributed by atoms with Gasteiger partial charge in [-0.25, -0.2) is 0 Å². The molecule has 0 aromatic rings. The van der Waals surface area contributed by atoms with Gasteiger partial charge in [0.05, 0.1) is 18.3 Å². The smallest absolute Gasteiger partial charge is 0.303 e. The number of rotatable bonds is 4. The van der Waals surface area contributed by atoms with E-state index in [2.05, 4.69) is 41.5 Å². The molecule has 5 aliphatic carbocycles. The van der Waals surface area contributed by atoms with Gasteiger partial charge in [-0.2, -0.15) is 0 Å². The van der Waals surface area contributed by atoms with Gasteiger partial charge in [0.1, 0.15) is 36.1 Å². The molecule has 0 aromatic carbocycles. The van der Waals surface area contributed by atoms with Crippen LogP contribution in [0, 0.1) is 50.7 Å². The van der Waals surface area contributed by atoms with E-state index in [0.717, 1.165) is 51.4 Å². The Balaban J connectivity index is 1.10. The molecular formula is C38H60O10. The summed E-state index contributed by atoms with van der Waals surface area (Å²) in [5.41, 5.74) is -2.15. The zero-order valence-electron chi connectivity index (χ0n) is 30.5. The van der Waals surface area contributed by atoms with Gasteiger partial charge in [0.2, 0.25) is 0 Å². The Labute approximate surface area is 285 Å². The van der Waals surface area contributed by atoms with Crippen molar-refractivity contribution in [2.75, 3.05) is 6.61 Å². The number of ether oxygens (including phenoxy) is 5. The van der Waals surface area contributed by atoms with E-state index in [4.69, 9.17) is 23.7 Å². The molecule has 0 radical (unpaired) electrons. The number of aliphatic hydroxyl groups excluding tert-OH is 4. The lowest BCUT2D eigenvalue weighted by Gasteiger charge is -2.63. The normalized spacial score (nSPS) is 59.4. The highest BCUT2D eigenvalue weighted by atomic mass is 16.8. The van der Waals surface area contributed by atoms with Gasteiger partial charge in [-0.15, -0.1) is 0 Å². The summed E-state index contributed by atoms with van der Waals surface area (Å²) in [6.07, 6.45) is 1.80. The van der Waals surface area contributed by atoms with Crippen molar-refractivity contribution in [3.05, 3.63) is 0 Å². The first kappa shape index (κ1) is 34.2. The SMILES string of the molecule is CC(=O)OC(C)(C)[C@H]1O[C@]23O[C@]1(C)C[C@@H](C)[C@@H]2[C@@]1(C)CC[C@@]24C[C@@]25CC[C@H](O[C@@H]2OC[C@@H](O)[C@H](O)[C@H]2O)C(C)(C)[C@@H]5CC[C@H]4[C@]1(C)[C@H]3O. The second-order valence-corrected chi connectivity index (χ2v) is 19.5. The molecule has 10 nitrogen and oxygen atoms in total. The lowest BCUT2D eigenvalue weighted by molar-refractivity contribution is -0.303. The third-order valence-electron chi connectivity index (χ3n) is 16.6. The highest BCUT2D eigenvalue weighted by Gasteiger charge is 2.89. The Kier molecular flexibility index (Phi) is 7.11. The van der Waals surface area contributed by atoms with Crippen molar-refractivity contribution in [1.29, 1.82) is 0 Å². The van der Waals surface area contributed by atoms with Crippen LogP contribution < -0.4 is 0 Å². The molecule has 8 fully saturated rings. The zero-order chi connectivity index (χ0) is 34.8. The van der Waals surface area contributed by atoms with E-state index in [1.807, 2.05) is 13.8 Å². The predicted molar refractivity (Wildman–Crippen MR) is 173 cm³/mol. The number of hydrogen-bond acceptors (Lipinski definition) is 10. The molecule has 0 unspecified atom stereocenters. The molecule has 3 aliphatic heterocycles. The molecule has 8 aliphatic rings. The van der Waals surface area contributed by atoms with Crippen LogP contribution in [0.15, 0.2) is 0 Å². The van der Waals surface area contributed by atoms with Crippen LogP contribution >= 0.6 is 0 Å². The summed E-state index contributed by atoms with van der Waals surface area (Å²) in [7, 11) is 0. The Morgan fingerprint density at radius 3 is 2.25 bits per heavy atom. The van der Waals surface area contributed by atoms with E-state index >= 15 is 0 Å². The number of carbonyl (C=O) groups excluding carboxylic acids is 1. The molecule has 48 heavy (non-hydrogen) atoms. The quantitative estimate of drug-likeness (QED) is 0.254. The fourth-order valence-corrected chi connectivity index (χ4v) is 15.0. The minimum absolute atomic E-state index is 0.0114. The van der Waals surface area contributed by atoms with Crippen molar-refractivity contribution in [3.8, 4) is 0 Å². The minimum Gasteiger partial charge on any atom is -0.457 e. The Hall–Kier alpha value is -0.850. The van der Waals surface area contributed by atoms with Crippen LogP contribution in [0.25, 0.3) is 0 Å². The van der Waals surface area contributed by atoms with Crippen LogP contribution in [0.5, 0.6) is 0 Å². The standard InChI is InChI=1S/C38H60O10/c1-19-16-34(8)30(32(5,6)46-20(2)39)47-38(48-34)27(19)33(7)14-15-37-18-36(37)13-12-24(45-28-26(42)25(41)21(40)17-44-28)31(3,4)22(36)10-11-23(37)35(33,9)29(38)43/h19,21-30,40-43H,10-18H2,1-9H3/t19-,21-,22+,23+,24+,25+,26-,27-,28+,29-,30-,33-,34-,35-,36-,37+,38+/m1/s1. The molecule has 3 heterocycles. The van der Waals surface area contributed by atoms with Gasteiger partial charge in [-0.1, -0.05) is 34.6 Å². The van der Waals surface area contributed by atoms with E-state index in [9.17, 15) is 25.2 Å². The molecule has 0 aromatic heterocycles. The maximum atomic E-state index is 12.9. The topological polar surface area (TPSA) is 144 Å². The Bertz CT molecular complexity index is 1370. The van der Waals surface area contributed by atoms with Gasteiger partial charge >= 0.3 is 5.97 Å². The van der Waals surface area contributed by atoms with Gasteiger partial charge in [-0.05, 0) is 112 Å². The van der Waals surface area contributed by atoms with Crippen LogP contribution in [0.4, 0.5) is 0 Å². The predicted octanol–water partition coefficient (Wildman–Crippen LogP) is 4.08. The van der Waals surface area contributed by atoms with Gasteiger partial charge < -0.3 is 44.1 Å². The highest BCUT2D eigenvalue weighted by Crippen LogP contribution is 2.90. The van der Waals surface area contributed by atoms with Crippen LogP contribution in [-0.4, -0.2) is 92.9 Å². The molecule has 5 saturated carbocycles. The van der Waals surface area contributed by atoms with Gasteiger partial charge in [0.15, 0.2) is 12.1 Å². The second kappa shape index (κ2) is 9.97. The molecule has 0 amide bonds. The first-order valence-corrected chi connectivity index (χ1v) is 18.7. The third-order valence-corrected chi connectivity index (χ3v) is 16.6. The van der Waals surface area contributed by atoms with Crippen LogP contribution in [0.3, 0.4) is 0 Å². The molecule has 2 bridgehead atoms. The van der Waals surface area contributed by atoms with Crippen molar-refractivity contribution in [3.63, 3.8) is 0 Å². The maximum Gasteiger partial charge on any atom is 0.303 e. The lowest BCUT2D eigenvalue weighted by atomic mass is 9.41. The van der Waals surface area contributed by atoms with Crippen molar-refractivity contribution >= 4 is 5.97 Å². The summed E-state index contributed by atoms with van der Waals surface area (Å²) in [6, 6.07) is 0. The van der Waals surface area contributed by atoms with E-state index in [1.54, 1.807) is 0 Å². The summed E-state index contributed by atoms with van der Waals surface area (Å²) in [5, 5.41) is 43.8. The zero-order valence-corrected chi connectivity index (χ0v) is 30.5. The number of aliphatic hydroxyl groups is 4. The molecule has 8 rings (SSSR count). The Morgan fingerprint density at radius 1 is 0.896 bits per heavy atom. The van der Waals surface area contributed by atoms with Crippen LogP contribution in [0.2, 0.25) is 0 Å². The summed E-state index contributed by atoms with van der Waals surface area (Å²) >= 11 is 0. The van der Waals surface area contributed by atoms with E-state index in [0.29, 0.717) is 11.8 Å². The third kappa shape index (κ3) is 3.85. The van der Waals surface area contributed by atoms with Crippen molar-refractivity contribution in [1.82, 2.24) is 0 Å². The number of hydrogen-bond donors (Lipinski definition) is 4. The van der Waals surface area contributed by atoms with Crippen molar-refractivity contribution in [2.24, 2.45) is 50.7 Å². The first-order valence-electron chi connectivity index (χ1n) is 18.7. The molecule has 3 spiro atoms. The molecule has 4 N–H and O–H groups in total. The molecule has 10 heteroatoms. The van der Waals surface area contributed by atoms with Crippen molar-refractivity contribution < 1.29 is 48.9 Å². The molecule has 17 atom stereocenters. The molecular weight excluding hydrogens is 616 g/mol. The summed E-state index contributed by atoms with van der Waals surface area (Å²) in [4.78, 5) is 12.2. The fraction of sp³-hybridized carbons (Fsp3) is 0.974. The average molecular weight is 677 g/mol. The number of esters is 1. The second-order valence-electron chi connectivity index (χ2n) is 19.5. The average Bonchev–Trinajstić information content (AvgIpc) is 3.53. The van der Waals surface area contributed by atoms with Gasteiger partial charge in [0, 0.05) is 18.3 Å². The Morgan fingerprint density at radius 2 is 1.56 bits per heavy atom. The number of carbonyl (C=O) groups is 1. The van der Waals surface area contributed by atoms with Crippen LogP contribution in [0.1, 0.15) is 114 Å². The molecule has 272 valence electrons. The van der Waals surface area contributed by atoms with Crippen molar-refractivity contribution in [2.45, 2.75) is 174 Å². The lowest BCUT2D eigenvalue weighted by Crippen LogP contribution is -2.61.